The molecule has 0 radical (unpaired) electrons. The second-order valence-corrected chi connectivity index (χ2v) is 7.39. The number of nitrogens with one attached hydrogen (secondary N) is 1. The van der Waals surface area contributed by atoms with Crippen molar-refractivity contribution in [2.75, 3.05) is 11.9 Å². The van der Waals surface area contributed by atoms with Gasteiger partial charge in [-0.3, -0.25) is 14.3 Å². The Morgan fingerprint density at radius 2 is 1.96 bits per heavy atom. The molecule has 0 aromatic carbocycles. The number of aromatic nitrogens is 3. The van der Waals surface area contributed by atoms with E-state index in [-0.39, 0.29) is 11.6 Å². The van der Waals surface area contributed by atoms with Crippen molar-refractivity contribution < 1.29 is 0 Å². The van der Waals surface area contributed by atoms with E-state index >= 15 is 0 Å². The largest absolute Gasteiger partial charge is 0.354 e. The van der Waals surface area contributed by atoms with Crippen LogP contribution in [0.5, 0.6) is 0 Å². The quantitative estimate of drug-likeness (QED) is 0.832. The van der Waals surface area contributed by atoms with Gasteiger partial charge in [0.15, 0.2) is 0 Å². The van der Waals surface area contributed by atoms with E-state index < -0.39 is 0 Å². The van der Waals surface area contributed by atoms with E-state index in [4.69, 9.17) is 10.7 Å². The number of pyridine rings is 1. The van der Waals surface area contributed by atoms with Gasteiger partial charge in [-0.25, -0.2) is 4.98 Å². The van der Waals surface area contributed by atoms with Crippen molar-refractivity contribution in [1.29, 1.82) is 0 Å². The van der Waals surface area contributed by atoms with Crippen molar-refractivity contribution in [2.24, 2.45) is 18.7 Å². The predicted molar refractivity (Wildman–Crippen MR) is 105 cm³/mol. The molecule has 0 amide bonds. The lowest BCUT2D eigenvalue weighted by molar-refractivity contribution is 0.320. The maximum atomic E-state index is 12.6. The molecule has 6 heteroatoms. The number of nitrogens with two attached hydrogens (primary N) is 1. The molecule has 0 saturated heterocycles. The van der Waals surface area contributed by atoms with Gasteiger partial charge >= 0.3 is 0 Å². The van der Waals surface area contributed by atoms with E-state index in [9.17, 15) is 4.79 Å². The van der Waals surface area contributed by atoms with Gasteiger partial charge in [0, 0.05) is 43.2 Å². The molecule has 1 atom stereocenters. The third-order valence-electron chi connectivity index (χ3n) is 5.35. The summed E-state index contributed by atoms with van der Waals surface area (Å²) in [4.78, 5) is 21.3. The van der Waals surface area contributed by atoms with E-state index in [1.165, 1.54) is 32.1 Å². The zero-order chi connectivity index (χ0) is 18.5. The fourth-order valence-electron chi connectivity index (χ4n) is 3.82. The van der Waals surface area contributed by atoms with Crippen molar-refractivity contribution >= 4 is 5.95 Å². The molecule has 0 bridgehead atoms. The standard InChI is InChI=1S/C20H29N5O/c1-14-18(16-8-10-22-11-9-16)24-20(25(2)19(14)26)23-13-17(21)12-15-6-4-3-5-7-15/h8-11,15,17H,3-7,12-13,21H2,1-2H3,(H,23,24)/t17-/m0/s1. The highest BCUT2D eigenvalue weighted by molar-refractivity contribution is 5.63. The average Bonchev–Trinajstić information content (AvgIpc) is 2.67. The van der Waals surface area contributed by atoms with Crippen molar-refractivity contribution in [3.63, 3.8) is 0 Å². The molecule has 3 N–H and O–H groups in total. The summed E-state index contributed by atoms with van der Waals surface area (Å²) < 4.78 is 1.56. The van der Waals surface area contributed by atoms with Crippen LogP contribution in [0, 0.1) is 12.8 Å². The molecule has 26 heavy (non-hydrogen) atoms. The number of rotatable bonds is 6. The number of anilines is 1. The lowest BCUT2D eigenvalue weighted by Gasteiger charge is -2.25. The summed E-state index contributed by atoms with van der Waals surface area (Å²) in [5.74, 6) is 1.30. The van der Waals surface area contributed by atoms with Crippen LogP contribution < -0.4 is 16.6 Å². The molecule has 0 unspecified atom stereocenters. The lowest BCUT2D eigenvalue weighted by atomic mass is 9.85. The summed E-state index contributed by atoms with van der Waals surface area (Å²) in [7, 11) is 1.74. The fourth-order valence-corrected chi connectivity index (χ4v) is 3.82. The van der Waals surface area contributed by atoms with Crippen LogP contribution >= 0.6 is 0 Å². The van der Waals surface area contributed by atoms with E-state index in [0.717, 1.165) is 17.9 Å². The van der Waals surface area contributed by atoms with Crippen molar-refractivity contribution in [3.05, 3.63) is 40.4 Å². The molecule has 1 aliphatic rings. The maximum absolute atomic E-state index is 12.6. The first-order valence-electron chi connectivity index (χ1n) is 9.53. The zero-order valence-electron chi connectivity index (χ0n) is 15.7. The van der Waals surface area contributed by atoms with Crippen LogP contribution in [0.2, 0.25) is 0 Å². The molecule has 0 spiro atoms. The highest BCUT2D eigenvalue weighted by Crippen LogP contribution is 2.27. The van der Waals surface area contributed by atoms with Gasteiger partial charge in [-0.05, 0) is 31.4 Å². The second-order valence-electron chi connectivity index (χ2n) is 7.39. The topological polar surface area (TPSA) is 85.8 Å². The molecule has 2 heterocycles. The van der Waals surface area contributed by atoms with Gasteiger partial charge in [0.25, 0.3) is 5.56 Å². The molecule has 3 rings (SSSR count). The van der Waals surface area contributed by atoms with Gasteiger partial charge in [0.2, 0.25) is 5.95 Å². The summed E-state index contributed by atoms with van der Waals surface area (Å²) in [6.45, 7) is 2.43. The first-order chi connectivity index (χ1) is 12.6. The van der Waals surface area contributed by atoms with Crippen molar-refractivity contribution in [2.45, 2.75) is 51.5 Å². The van der Waals surface area contributed by atoms with E-state index in [2.05, 4.69) is 10.3 Å². The number of hydrogen-bond acceptors (Lipinski definition) is 5. The summed E-state index contributed by atoms with van der Waals surface area (Å²) in [6.07, 6.45) is 11.0. The van der Waals surface area contributed by atoms with Crippen LogP contribution in [-0.2, 0) is 7.05 Å². The minimum absolute atomic E-state index is 0.0461. The Bertz CT molecular complexity index is 781. The van der Waals surface area contributed by atoms with Crippen LogP contribution in [0.3, 0.4) is 0 Å². The number of nitrogens with zero attached hydrogens (tertiary/aromatic N) is 3. The Balaban J connectivity index is 1.73. The second kappa shape index (κ2) is 8.45. The maximum Gasteiger partial charge on any atom is 0.258 e. The monoisotopic (exact) mass is 355 g/mol. The van der Waals surface area contributed by atoms with Gasteiger partial charge in [-0.15, -0.1) is 0 Å². The smallest absolute Gasteiger partial charge is 0.258 e. The number of hydrogen-bond donors (Lipinski definition) is 2. The van der Waals surface area contributed by atoms with Gasteiger partial charge in [-0.2, -0.15) is 0 Å². The van der Waals surface area contributed by atoms with E-state index in [0.29, 0.717) is 23.8 Å². The molecule has 2 aromatic rings. The van der Waals surface area contributed by atoms with Crippen LogP contribution in [0.15, 0.2) is 29.3 Å². The highest BCUT2D eigenvalue weighted by atomic mass is 16.1. The molecular formula is C20H29N5O. The van der Waals surface area contributed by atoms with Gasteiger partial charge in [0.05, 0.1) is 5.69 Å². The van der Waals surface area contributed by atoms with Crippen molar-refractivity contribution in [1.82, 2.24) is 14.5 Å². The Morgan fingerprint density at radius 3 is 2.65 bits per heavy atom. The summed E-state index contributed by atoms with van der Waals surface area (Å²) in [5.41, 5.74) is 8.51. The molecular weight excluding hydrogens is 326 g/mol. The Hall–Kier alpha value is -2.21. The predicted octanol–water partition coefficient (Wildman–Crippen LogP) is 2.86. The molecule has 1 aliphatic carbocycles. The van der Waals surface area contributed by atoms with E-state index in [1.54, 1.807) is 24.0 Å². The van der Waals surface area contributed by atoms with Crippen LogP contribution in [-0.4, -0.2) is 27.1 Å². The summed E-state index contributed by atoms with van der Waals surface area (Å²) in [6, 6.07) is 3.81. The van der Waals surface area contributed by atoms with Gasteiger partial charge in [0.1, 0.15) is 0 Å². The summed E-state index contributed by atoms with van der Waals surface area (Å²) >= 11 is 0. The van der Waals surface area contributed by atoms with Gasteiger partial charge < -0.3 is 11.1 Å². The minimum Gasteiger partial charge on any atom is -0.354 e. The Kier molecular flexibility index (Phi) is 6.04. The van der Waals surface area contributed by atoms with Gasteiger partial charge in [-0.1, -0.05) is 32.1 Å². The third kappa shape index (κ3) is 4.30. The Morgan fingerprint density at radius 1 is 1.27 bits per heavy atom. The SMILES string of the molecule is Cc1c(-c2ccncc2)nc(NC[C@@H](N)CC2CCCCC2)n(C)c1=O. The average molecular weight is 355 g/mol. The first-order valence-corrected chi connectivity index (χ1v) is 9.53. The van der Waals surface area contributed by atoms with Crippen LogP contribution in [0.4, 0.5) is 5.95 Å². The molecule has 6 nitrogen and oxygen atoms in total. The first kappa shape index (κ1) is 18.6. The molecule has 140 valence electrons. The van der Waals surface area contributed by atoms with Crippen LogP contribution in [0.1, 0.15) is 44.1 Å². The summed E-state index contributed by atoms with van der Waals surface area (Å²) in [5, 5.41) is 3.29. The van der Waals surface area contributed by atoms with E-state index in [1.807, 2.05) is 19.1 Å². The lowest BCUT2D eigenvalue weighted by Crippen LogP contribution is -2.34. The normalized spacial score (nSPS) is 16.4. The minimum atomic E-state index is -0.0461. The third-order valence-corrected chi connectivity index (χ3v) is 5.35. The zero-order valence-corrected chi connectivity index (χ0v) is 15.7. The molecule has 0 aliphatic heterocycles. The van der Waals surface area contributed by atoms with Crippen molar-refractivity contribution in [3.8, 4) is 11.3 Å². The van der Waals surface area contributed by atoms with Crippen LogP contribution in [0.25, 0.3) is 11.3 Å². The molecule has 1 fully saturated rings. The molecule has 1 saturated carbocycles. The molecule has 2 aromatic heterocycles. The highest BCUT2D eigenvalue weighted by Gasteiger charge is 2.18. The fraction of sp³-hybridized carbons (Fsp3) is 0.550. The Labute approximate surface area is 154 Å².